The zero-order chi connectivity index (χ0) is 31.4. The lowest BCUT2D eigenvalue weighted by molar-refractivity contribution is -0.132. The van der Waals surface area contributed by atoms with Crippen LogP contribution in [0.2, 0.25) is 10.0 Å². The van der Waals surface area contributed by atoms with Gasteiger partial charge < -0.3 is 20.8 Å². The number of anilines is 2. The summed E-state index contributed by atoms with van der Waals surface area (Å²) in [6.45, 7) is 1.57. The number of thioether (sulfide) groups is 1. The summed E-state index contributed by atoms with van der Waals surface area (Å²) >= 11 is 14.0. The van der Waals surface area contributed by atoms with Gasteiger partial charge in [0, 0.05) is 32.5 Å². The molecule has 222 valence electrons. The lowest BCUT2D eigenvalue weighted by atomic mass is 10.1. The molecule has 3 heterocycles. The third-order valence-corrected chi connectivity index (χ3v) is 8.64. The van der Waals surface area contributed by atoms with Crippen LogP contribution in [0.5, 0.6) is 0 Å². The number of pyridine rings is 2. The number of benzene rings is 2. The van der Waals surface area contributed by atoms with E-state index in [9.17, 15) is 19.8 Å². The molecular weight excluding hydrogens is 619 g/mol. The molecule has 0 saturated carbocycles. The Morgan fingerprint density at radius 2 is 1.59 bits per heavy atom. The monoisotopic (exact) mass is 644 g/mol. The van der Waals surface area contributed by atoms with Crippen LogP contribution < -0.4 is 10.6 Å². The van der Waals surface area contributed by atoms with Gasteiger partial charge in [0.2, 0.25) is 0 Å². The fraction of sp³-hybridized carbons (Fsp3) is 0.0909. The summed E-state index contributed by atoms with van der Waals surface area (Å²) in [5, 5.41) is 20.5. The van der Waals surface area contributed by atoms with E-state index in [0.717, 1.165) is 28.3 Å². The maximum atomic E-state index is 11.9. The van der Waals surface area contributed by atoms with Crippen LogP contribution in [0.3, 0.4) is 0 Å². The van der Waals surface area contributed by atoms with E-state index in [1.807, 2.05) is 60.7 Å². The van der Waals surface area contributed by atoms with E-state index in [1.54, 1.807) is 24.9 Å². The molecule has 0 bridgehead atoms. The Morgan fingerprint density at radius 3 is 2.16 bits per heavy atom. The van der Waals surface area contributed by atoms with Gasteiger partial charge in [-0.05, 0) is 97.8 Å². The van der Waals surface area contributed by atoms with Crippen LogP contribution in [-0.4, -0.2) is 37.5 Å². The van der Waals surface area contributed by atoms with Crippen LogP contribution in [-0.2, 0) is 4.79 Å². The predicted octanol–water partition coefficient (Wildman–Crippen LogP) is 8.12. The van der Waals surface area contributed by atoms with Crippen LogP contribution >= 0.6 is 35.0 Å². The molecule has 0 fully saturated rings. The first kappa shape index (κ1) is 30.9. The highest BCUT2D eigenvalue weighted by atomic mass is 35.5. The smallest absolute Gasteiger partial charge is 0.335 e. The second kappa shape index (κ2) is 13.4. The number of carboxylic acids is 2. The first-order chi connectivity index (χ1) is 21.1. The number of carbonyl (C=O) groups is 2. The number of aliphatic carboxylic acids is 1. The van der Waals surface area contributed by atoms with Crippen molar-refractivity contribution in [2.24, 2.45) is 5.73 Å². The number of nitrogens with two attached hydrogens (primary N) is 1. The molecule has 0 amide bonds. The Hall–Kier alpha value is -4.57. The van der Waals surface area contributed by atoms with Gasteiger partial charge in [0.15, 0.2) is 0 Å². The molecule has 0 saturated heterocycles. The highest BCUT2D eigenvalue weighted by Crippen LogP contribution is 2.45. The van der Waals surface area contributed by atoms with E-state index in [-0.39, 0.29) is 27.9 Å². The van der Waals surface area contributed by atoms with Crippen molar-refractivity contribution in [3.63, 3.8) is 0 Å². The predicted molar refractivity (Wildman–Crippen MR) is 177 cm³/mol. The van der Waals surface area contributed by atoms with Crippen LogP contribution in [0, 0.1) is 0 Å². The number of rotatable bonds is 9. The summed E-state index contributed by atoms with van der Waals surface area (Å²) in [6, 6.07) is 21.8. The Morgan fingerprint density at radius 1 is 0.955 bits per heavy atom. The SMILES string of the molecule is C/C=C(\C=C(/N)c1cc(C(=O)O)cc(-c2cc(C3=CCC(N(c4ccc(Cl)cc4)c4ccc(Cl)cc4)S3)ccn2)n1)C(=O)O. The minimum absolute atomic E-state index is 0.0161. The van der Waals surface area contributed by atoms with Crippen molar-refractivity contribution in [3.8, 4) is 11.4 Å². The molecule has 1 aliphatic heterocycles. The number of halogens is 2. The second-order valence-electron chi connectivity index (χ2n) is 9.71. The first-order valence-corrected chi connectivity index (χ1v) is 15.0. The van der Waals surface area contributed by atoms with Crippen molar-refractivity contribution < 1.29 is 19.8 Å². The van der Waals surface area contributed by atoms with Crippen LogP contribution in [0.15, 0.2) is 103 Å². The zero-order valence-electron chi connectivity index (χ0n) is 23.3. The van der Waals surface area contributed by atoms with E-state index in [2.05, 4.69) is 20.9 Å². The summed E-state index contributed by atoms with van der Waals surface area (Å²) in [4.78, 5) is 35.7. The molecule has 0 radical (unpaired) electrons. The van der Waals surface area contributed by atoms with E-state index < -0.39 is 11.9 Å². The van der Waals surface area contributed by atoms with Crippen molar-refractivity contribution in [1.82, 2.24) is 9.97 Å². The summed E-state index contributed by atoms with van der Waals surface area (Å²) in [7, 11) is 0. The molecule has 1 aliphatic rings. The molecule has 5 rings (SSSR count). The van der Waals surface area contributed by atoms with E-state index in [1.165, 1.54) is 24.3 Å². The maximum absolute atomic E-state index is 11.9. The molecule has 1 unspecified atom stereocenters. The summed E-state index contributed by atoms with van der Waals surface area (Å²) in [5.41, 5.74) is 9.80. The van der Waals surface area contributed by atoms with E-state index >= 15 is 0 Å². The van der Waals surface area contributed by atoms with Crippen LogP contribution in [0.1, 0.15) is 35.0 Å². The quantitative estimate of drug-likeness (QED) is 0.122. The third-order valence-electron chi connectivity index (χ3n) is 6.81. The first-order valence-electron chi connectivity index (χ1n) is 13.4. The van der Waals surface area contributed by atoms with Gasteiger partial charge in [-0.2, -0.15) is 0 Å². The molecule has 0 aliphatic carbocycles. The van der Waals surface area contributed by atoms with Crippen molar-refractivity contribution in [2.75, 3.05) is 4.90 Å². The average molecular weight is 646 g/mol. The highest BCUT2D eigenvalue weighted by molar-refractivity contribution is 8.09. The Kier molecular flexibility index (Phi) is 9.39. The minimum atomic E-state index is -1.18. The lowest BCUT2D eigenvalue weighted by Crippen LogP contribution is -2.26. The maximum Gasteiger partial charge on any atom is 0.335 e. The van der Waals surface area contributed by atoms with Crippen LogP contribution in [0.4, 0.5) is 11.4 Å². The van der Waals surface area contributed by atoms with Gasteiger partial charge in [0.1, 0.15) is 0 Å². The topological polar surface area (TPSA) is 130 Å². The number of hydrogen-bond donors (Lipinski definition) is 3. The Labute approximate surface area is 268 Å². The lowest BCUT2D eigenvalue weighted by Gasteiger charge is -2.31. The van der Waals surface area contributed by atoms with Gasteiger partial charge in [0.25, 0.3) is 0 Å². The van der Waals surface area contributed by atoms with Gasteiger partial charge in [-0.1, -0.05) is 35.4 Å². The van der Waals surface area contributed by atoms with Crippen molar-refractivity contribution in [3.05, 3.63) is 130 Å². The van der Waals surface area contributed by atoms with Crippen molar-refractivity contribution in [2.45, 2.75) is 18.7 Å². The molecule has 4 N–H and O–H groups in total. The van der Waals surface area contributed by atoms with Crippen molar-refractivity contribution in [1.29, 1.82) is 0 Å². The van der Waals surface area contributed by atoms with Gasteiger partial charge in [-0.25, -0.2) is 14.6 Å². The fourth-order valence-electron chi connectivity index (χ4n) is 4.65. The molecule has 8 nitrogen and oxygen atoms in total. The van der Waals surface area contributed by atoms with Gasteiger partial charge >= 0.3 is 11.9 Å². The molecule has 11 heteroatoms. The summed E-state index contributed by atoms with van der Waals surface area (Å²) < 4.78 is 0. The van der Waals surface area contributed by atoms with Crippen molar-refractivity contribution >= 4 is 68.9 Å². The standard InChI is InChI=1S/C33H26Cl2N4O4S/c1-2-19(32(40)41)15-26(36)27-17-21(33(42)43)18-29(38-27)28-16-20(13-14-37-28)30-11-12-31(44-30)39(24-7-3-22(34)4-8-24)25-9-5-23(35)6-10-25/h2-11,13-18,31H,12,36H2,1H3,(H,40,41)(H,42,43)/b19-2+,26-15-. The summed E-state index contributed by atoms with van der Waals surface area (Å²) in [5.74, 6) is -2.34. The van der Waals surface area contributed by atoms with E-state index in [0.29, 0.717) is 21.4 Å². The normalized spacial score (nSPS) is 15.2. The minimum Gasteiger partial charge on any atom is -0.478 e. The molecule has 2 aromatic carbocycles. The van der Waals surface area contributed by atoms with Gasteiger partial charge in [-0.3, -0.25) is 4.98 Å². The Bertz CT molecular complexity index is 1780. The molecule has 1 atom stereocenters. The second-order valence-corrected chi connectivity index (χ2v) is 11.8. The highest BCUT2D eigenvalue weighted by Gasteiger charge is 2.27. The van der Waals surface area contributed by atoms with Gasteiger partial charge in [0.05, 0.1) is 39.3 Å². The third kappa shape index (κ3) is 6.97. The zero-order valence-corrected chi connectivity index (χ0v) is 25.6. The molecule has 44 heavy (non-hydrogen) atoms. The van der Waals surface area contributed by atoms with Gasteiger partial charge in [-0.15, -0.1) is 11.8 Å². The number of nitrogens with zero attached hydrogens (tertiary/aromatic N) is 3. The number of aromatic carboxylic acids is 1. The number of carboxylic acid groups (broad SMARTS) is 2. The number of aromatic nitrogens is 2. The number of hydrogen-bond acceptors (Lipinski definition) is 7. The Balaban J connectivity index is 1.46. The average Bonchev–Trinajstić information content (AvgIpc) is 3.51. The number of allylic oxidation sites excluding steroid dienone is 1. The van der Waals surface area contributed by atoms with Crippen LogP contribution in [0.25, 0.3) is 22.0 Å². The molecule has 4 aromatic rings. The fourth-order valence-corrected chi connectivity index (χ4v) is 6.19. The molecular formula is C33H26Cl2N4O4S. The molecule has 2 aromatic heterocycles. The molecule has 0 spiro atoms. The summed E-state index contributed by atoms with van der Waals surface area (Å²) in [6.07, 6.45) is 7.19. The largest absolute Gasteiger partial charge is 0.478 e. The van der Waals surface area contributed by atoms with E-state index in [4.69, 9.17) is 28.9 Å².